The molecule has 0 fully saturated rings. The molecule has 0 aliphatic rings. The van der Waals surface area contributed by atoms with Crippen LogP contribution in [0.5, 0.6) is 0 Å². The van der Waals surface area contributed by atoms with Crippen LogP contribution in [-0.2, 0) is 4.74 Å². The lowest BCUT2D eigenvalue weighted by molar-refractivity contribution is 0.155. The number of ether oxygens (including phenoxy) is 1. The van der Waals surface area contributed by atoms with Crippen LogP contribution in [0.15, 0.2) is 97.1 Å². The van der Waals surface area contributed by atoms with Gasteiger partial charge in [0.25, 0.3) is 0 Å². The van der Waals surface area contributed by atoms with Crippen LogP contribution in [0.1, 0.15) is 6.92 Å². The Morgan fingerprint density at radius 1 is 0.733 bits per heavy atom. The first-order chi connectivity index (χ1) is 14.8. The van der Waals surface area contributed by atoms with E-state index in [9.17, 15) is 4.79 Å². The number of benzene rings is 4. The number of rotatable bonds is 3. The summed E-state index contributed by atoms with van der Waals surface area (Å²) in [4.78, 5) is 13.3. The summed E-state index contributed by atoms with van der Waals surface area (Å²) in [7, 11) is 0. The molecule has 0 saturated carbocycles. The third-order valence-electron chi connectivity index (χ3n) is 5.41. The van der Waals surface area contributed by atoms with E-state index in [1.54, 1.807) is 4.57 Å². The fourth-order valence-electron chi connectivity index (χ4n) is 4.19. The predicted molar refractivity (Wildman–Crippen MR) is 123 cm³/mol. The summed E-state index contributed by atoms with van der Waals surface area (Å²) in [6, 6.07) is 32.7. The molecule has 146 valence electrons. The van der Waals surface area contributed by atoms with Crippen LogP contribution in [0.4, 0.5) is 4.79 Å². The summed E-state index contributed by atoms with van der Waals surface area (Å²) < 4.78 is 7.27. The summed E-state index contributed by atoms with van der Waals surface area (Å²) in [5.74, 6) is 0. The zero-order valence-corrected chi connectivity index (χ0v) is 16.7. The Balaban J connectivity index is 2.01. The van der Waals surface area contributed by atoms with Gasteiger partial charge in [0.1, 0.15) is 0 Å². The van der Waals surface area contributed by atoms with Gasteiger partial charge in [-0.15, -0.1) is 0 Å². The van der Waals surface area contributed by atoms with E-state index in [2.05, 4.69) is 36.4 Å². The van der Waals surface area contributed by atoms with Crippen LogP contribution in [0.3, 0.4) is 0 Å². The molecule has 0 aliphatic heterocycles. The molecule has 0 unspecified atom stereocenters. The highest BCUT2D eigenvalue weighted by Crippen LogP contribution is 2.43. The van der Waals surface area contributed by atoms with E-state index in [1.165, 1.54) is 0 Å². The molecule has 0 amide bonds. The molecule has 0 radical (unpaired) electrons. The third kappa shape index (κ3) is 2.87. The molecule has 0 aliphatic carbocycles. The van der Waals surface area contributed by atoms with Gasteiger partial charge in [-0.25, -0.2) is 9.36 Å². The second kappa shape index (κ2) is 7.53. The normalized spacial score (nSPS) is 11.1. The maximum atomic E-state index is 13.3. The quantitative estimate of drug-likeness (QED) is 0.327. The van der Waals surface area contributed by atoms with Crippen LogP contribution >= 0.6 is 0 Å². The van der Waals surface area contributed by atoms with E-state index in [0.717, 1.165) is 44.1 Å². The number of nitrogens with zero attached hydrogens (tertiary/aromatic N) is 1. The van der Waals surface area contributed by atoms with E-state index in [1.807, 2.05) is 67.6 Å². The molecule has 0 saturated heterocycles. The van der Waals surface area contributed by atoms with Crippen molar-refractivity contribution < 1.29 is 9.53 Å². The maximum Gasteiger partial charge on any atom is 0.419 e. The summed E-state index contributed by atoms with van der Waals surface area (Å²) in [6.07, 6.45) is -0.361. The van der Waals surface area contributed by atoms with Crippen molar-refractivity contribution in [2.75, 3.05) is 6.61 Å². The summed E-state index contributed by atoms with van der Waals surface area (Å²) >= 11 is 0. The predicted octanol–water partition coefficient (Wildman–Crippen LogP) is 7.13. The van der Waals surface area contributed by atoms with Gasteiger partial charge in [-0.05, 0) is 23.4 Å². The summed E-state index contributed by atoms with van der Waals surface area (Å²) in [5, 5.41) is 3.15. The fourth-order valence-corrected chi connectivity index (χ4v) is 4.19. The minimum absolute atomic E-state index is 0.318. The molecule has 4 aromatic carbocycles. The highest BCUT2D eigenvalue weighted by molar-refractivity contribution is 6.18. The molecular weight excluding hydrogens is 370 g/mol. The molecule has 5 aromatic rings. The Bertz CT molecular complexity index is 1350. The molecule has 3 nitrogen and oxygen atoms in total. The number of fused-ring (bicyclic) bond motifs is 3. The topological polar surface area (TPSA) is 31.2 Å². The Morgan fingerprint density at radius 3 is 2.07 bits per heavy atom. The third-order valence-corrected chi connectivity index (χ3v) is 5.41. The first-order valence-electron chi connectivity index (χ1n) is 10.1. The van der Waals surface area contributed by atoms with E-state index in [4.69, 9.17) is 4.74 Å². The highest BCUT2D eigenvalue weighted by Gasteiger charge is 2.25. The van der Waals surface area contributed by atoms with Gasteiger partial charge < -0.3 is 4.74 Å². The number of aromatic nitrogens is 1. The number of carbonyl (C=O) groups excluding carboxylic acids is 1. The minimum Gasteiger partial charge on any atom is -0.449 e. The molecule has 30 heavy (non-hydrogen) atoms. The molecule has 1 heterocycles. The van der Waals surface area contributed by atoms with Crippen molar-refractivity contribution in [3.05, 3.63) is 97.1 Å². The van der Waals surface area contributed by atoms with Crippen molar-refractivity contribution in [1.29, 1.82) is 0 Å². The van der Waals surface area contributed by atoms with E-state index in [0.29, 0.717) is 6.61 Å². The van der Waals surface area contributed by atoms with Gasteiger partial charge in [-0.3, -0.25) is 0 Å². The lowest BCUT2D eigenvalue weighted by atomic mass is 9.97. The minimum atomic E-state index is -0.361. The van der Waals surface area contributed by atoms with Crippen molar-refractivity contribution in [3.63, 3.8) is 0 Å². The Morgan fingerprint density at radius 2 is 1.37 bits per heavy atom. The largest absolute Gasteiger partial charge is 0.449 e. The van der Waals surface area contributed by atoms with Gasteiger partial charge >= 0.3 is 6.09 Å². The lowest BCUT2D eigenvalue weighted by Gasteiger charge is -2.12. The maximum absolute atomic E-state index is 13.3. The van der Waals surface area contributed by atoms with Crippen LogP contribution in [0.25, 0.3) is 44.1 Å². The molecule has 0 spiro atoms. The molecule has 1 aromatic heterocycles. The summed E-state index contributed by atoms with van der Waals surface area (Å²) in [5.41, 5.74) is 4.82. The number of hydrogen-bond acceptors (Lipinski definition) is 2. The Labute approximate surface area is 175 Å². The Kier molecular flexibility index (Phi) is 4.56. The first-order valence-corrected chi connectivity index (χ1v) is 10.1. The van der Waals surface area contributed by atoms with Gasteiger partial charge in [-0.2, -0.15) is 0 Å². The van der Waals surface area contributed by atoms with Crippen molar-refractivity contribution >= 4 is 27.8 Å². The van der Waals surface area contributed by atoms with Gasteiger partial charge in [0, 0.05) is 16.3 Å². The summed E-state index contributed by atoms with van der Waals surface area (Å²) in [6.45, 7) is 2.15. The number of hydrogen-bond donors (Lipinski definition) is 0. The van der Waals surface area contributed by atoms with Gasteiger partial charge in [0.2, 0.25) is 0 Å². The second-order valence-electron chi connectivity index (χ2n) is 7.17. The van der Waals surface area contributed by atoms with E-state index in [-0.39, 0.29) is 6.09 Å². The van der Waals surface area contributed by atoms with Crippen molar-refractivity contribution in [3.8, 4) is 22.4 Å². The van der Waals surface area contributed by atoms with E-state index < -0.39 is 0 Å². The van der Waals surface area contributed by atoms with Gasteiger partial charge in [-0.1, -0.05) is 97.1 Å². The van der Waals surface area contributed by atoms with Gasteiger partial charge in [0.15, 0.2) is 0 Å². The van der Waals surface area contributed by atoms with Crippen LogP contribution in [0.2, 0.25) is 0 Å². The molecule has 3 heteroatoms. The van der Waals surface area contributed by atoms with Crippen molar-refractivity contribution in [2.24, 2.45) is 0 Å². The molecule has 5 rings (SSSR count). The second-order valence-corrected chi connectivity index (χ2v) is 7.17. The zero-order chi connectivity index (χ0) is 20.5. The van der Waals surface area contributed by atoms with Gasteiger partial charge in [0.05, 0.1) is 17.8 Å². The van der Waals surface area contributed by atoms with E-state index >= 15 is 0 Å². The molecule has 0 N–H and O–H groups in total. The zero-order valence-electron chi connectivity index (χ0n) is 16.7. The van der Waals surface area contributed by atoms with Crippen molar-refractivity contribution in [1.82, 2.24) is 4.57 Å². The smallest absolute Gasteiger partial charge is 0.419 e. The average Bonchev–Trinajstić information content (AvgIpc) is 3.16. The fraction of sp³-hybridized carbons (Fsp3) is 0.0741. The lowest BCUT2D eigenvalue weighted by Crippen LogP contribution is -2.14. The standard InChI is InChI=1S/C27H21NO2/c1-2-30-27(29)28-25(21-14-7-4-8-15-21)24(20-12-5-3-6-13-20)23-18-17-19-11-9-10-16-22(19)26(23)28/h3-18H,2H2,1H3. The molecule has 0 atom stereocenters. The van der Waals surface area contributed by atoms with Crippen molar-refractivity contribution in [2.45, 2.75) is 6.92 Å². The first kappa shape index (κ1) is 18.2. The van der Waals surface area contributed by atoms with Crippen LogP contribution in [0, 0.1) is 0 Å². The van der Waals surface area contributed by atoms with Crippen LogP contribution in [-0.4, -0.2) is 17.3 Å². The SMILES string of the molecule is CCOC(=O)n1c(-c2ccccc2)c(-c2ccccc2)c2ccc3ccccc3c21. The molecular formula is C27H21NO2. The highest BCUT2D eigenvalue weighted by atomic mass is 16.5. The molecule has 0 bridgehead atoms. The number of carbonyl (C=O) groups is 1. The average molecular weight is 391 g/mol. The Hall–Kier alpha value is -3.85. The monoisotopic (exact) mass is 391 g/mol. The van der Waals surface area contributed by atoms with Crippen LogP contribution < -0.4 is 0 Å².